The van der Waals surface area contributed by atoms with Gasteiger partial charge in [-0.25, -0.2) is 0 Å². The summed E-state index contributed by atoms with van der Waals surface area (Å²) >= 11 is 0. The van der Waals surface area contributed by atoms with E-state index in [1.165, 1.54) is 0 Å². The van der Waals surface area contributed by atoms with Crippen LogP contribution in [-0.4, -0.2) is 52.1 Å². The van der Waals surface area contributed by atoms with Crippen LogP contribution >= 0.6 is 0 Å². The molecule has 0 spiro atoms. The number of carbonyl (C=O) groups is 1. The van der Waals surface area contributed by atoms with Gasteiger partial charge in [-0.3, -0.25) is 9.48 Å². The third-order valence-corrected chi connectivity index (χ3v) is 2.95. The Balaban J connectivity index is 1.71. The SMILES string of the molecule is CN(C[C@@H]1CCCO1)C(=O)CCn1ccnn1. The van der Waals surface area contributed by atoms with Gasteiger partial charge in [0.2, 0.25) is 5.91 Å². The largest absolute Gasteiger partial charge is 0.376 e. The molecule has 6 nitrogen and oxygen atoms in total. The predicted molar refractivity (Wildman–Crippen MR) is 61.3 cm³/mol. The molecule has 1 aliphatic rings. The number of carbonyl (C=O) groups excluding carboxylic acids is 1. The molecule has 1 aromatic rings. The first-order chi connectivity index (χ1) is 8.25. The second-order valence-corrected chi connectivity index (χ2v) is 4.33. The lowest BCUT2D eigenvalue weighted by Crippen LogP contribution is -2.34. The van der Waals surface area contributed by atoms with Gasteiger partial charge in [-0.2, -0.15) is 0 Å². The second-order valence-electron chi connectivity index (χ2n) is 4.33. The van der Waals surface area contributed by atoms with Gasteiger partial charge in [-0.05, 0) is 12.8 Å². The molecule has 0 aromatic carbocycles. The van der Waals surface area contributed by atoms with Crippen molar-refractivity contribution < 1.29 is 9.53 Å². The van der Waals surface area contributed by atoms with Crippen molar-refractivity contribution in [3.8, 4) is 0 Å². The standard InChI is InChI=1S/C11H18N4O2/c1-14(9-10-3-2-8-17-10)11(16)4-6-15-7-5-12-13-15/h5,7,10H,2-4,6,8-9H2,1H3/t10-/m0/s1. The Labute approximate surface area is 101 Å². The molecule has 17 heavy (non-hydrogen) atoms. The van der Waals surface area contributed by atoms with Crippen molar-refractivity contribution in [3.05, 3.63) is 12.4 Å². The molecule has 0 aliphatic carbocycles. The zero-order chi connectivity index (χ0) is 12.1. The van der Waals surface area contributed by atoms with Crippen molar-refractivity contribution >= 4 is 5.91 Å². The summed E-state index contributed by atoms with van der Waals surface area (Å²) in [6.45, 7) is 2.09. The highest BCUT2D eigenvalue weighted by Crippen LogP contribution is 2.13. The van der Waals surface area contributed by atoms with Crippen molar-refractivity contribution in [2.45, 2.75) is 31.9 Å². The van der Waals surface area contributed by atoms with E-state index < -0.39 is 0 Å². The Hall–Kier alpha value is -1.43. The summed E-state index contributed by atoms with van der Waals surface area (Å²) in [6.07, 6.45) is 6.20. The molecule has 6 heteroatoms. The third-order valence-electron chi connectivity index (χ3n) is 2.95. The maximum atomic E-state index is 11.8. The van der Waals surface area contributed by atoms with Crippen molar-refractivity contribution in [3.63, 3.8) is 0 Å². The molecule has 2 heterocycles. The molecule has 1 amide bonds. The van der Waals surface area contributed by atoms with Crippen LogP contribution in [0.25, 0.3) is 0 Å². The molecular formula is C11H18N4O2. The lowest BCUT2D eigenvalue weighted by molar-refractivity contribution is -0.131. The summed E-state index contributed by atoms with van der Waals surface area (Å²) < 4.78 is 7.17. The van der Waals surface area contributed by atoms with Crippen molar-refractivity contribution in [1.82, 2.24) is 19.9 Å². The number of hydrogen-bond donors (Lipinski definition) is 0. The van der Waals surface area contributed by atoms with Gasteiger partial charge in [0.1, 0.15) is 0 Å². The molecule has 0 bridgehead atoms. The van der Waals surface area contributed by atoms with Crippen LogP contribution in [0.5, 0.6) is 0 Å². The van der Waals surface area contributed by atoms with Gasteiger partial charge in [-0.1, -0.05) is 5.21 Å². The topological polar surface area (TPSA) is 60.2 Å². The van der Waals surface area contributed by atoms with Gasteiger partial charge in [0.15, 0.2) is 0 Å². The van der Waals surface area contributed by atoms with E-state index in [9.17, 15) is 4.79 Å². The molecule has 0 N–H and O–H groups in total. The number of aryl methyl sites for hydroxylation is 1. The predicted octanol–water partition coefficient (Wildman–Crippen LogP) is 0.306. The van der Waals surface area contributed by atoms with Crippen LogP contribution < -0.4 is 0 Å². The monoisotopic (exact) mass is 238 g/mol. The fourth-order valence-electron chi connectivity index (χ4n) is 1.95. The number of aromatic nitrogens is 3. The average Bonchev–Trinajstić information content (AvgIpc) is 2.98. The summed E-state index contributed by atoms with van der Waals surface area (Å²) in [5.41, 5.74) is 0. The average molecular weight is 238 g/mol. The zero-order valence-corrected chi connectivity index (χ0v) is 10.1. The fraction of sp³-hybridized carbons (Fsp3) is 0.727. The van der Waals surface area contributed by atoms with Crippen molar-refractivity contribution in [2.24, 2.45) is 0 Å². The van der Waals surface area contributed by atoms with E-state index in [4.69, 9.17) is 4.74 Å². The quantitative estimate of drug-likeness (QED) is 0.740. The van der Waals surface area contributed by atoms with Gasteiger partial charge < -0.3 is 9.64 Å². The lowest BCUT2D eigenvalue weighted by Gasteiger charge is -2.20. The van der Waals surface area contributed by atoms with E-state index in [1.807, 2.05) is 7.05 Å². The maximum Gasteiger partial charge on any atom is 0.224 e. The molecule has 0 saturated carbocycles. The van der Waals surface area contributed by atoms with Gasteiger partial charge >= 0.3 is 0 Å². The van der Waals surface area contributed by atoms with Gasteiger partial charge in [0.05, 0.1) is 18.8 Å². The molecule has 0 radical (unpaired) electrons. The summed E-state index contributed by atoms with van der Waals surface area (Å²) in [7, 11) is 1.82. The Morgan fingerprint density at radius 1 is 1.65 bits per heavy atom. The number of hydrogen-bond acceptors (Lipinski definition) is 4. The molecule has 1 fully saturated rings. The molecule has 2 rings (SSSR count). The summed E-state index contributed by atoms with van der Waals surface area (Å²) in [5, 5.41) is 7.52. The Kier molecular flexibility index (Phi) is 4.08. The van der Waals surface area contributed by atoms with Crippen LogP contribution in [0.2, 0.25) is 0 Å². The van der Waals surface area contributed by atoms with E-state index in [1.54, 1.807) is 22.0 Å². The fourth-order valence-corrected chi connectivity index (χ4v) is 1.95. The Bertz CT molecular complexity index is 346. The van der Waals surface area contributed by atoms with E-state index in [0.29, 0.717) is 19.5 Å². The summed E-state index contributed by atoms with van der Waals surface area (Å²) in [6, 6.07) is 0. The van der Waals surface area contributed by atoms with Gasteiger partial charge in [-0.15, -0.1) is 5.10 Å². The van der Waals surface area contributed by atoms with Gasteiger partial charge in [0, 0.05) is 32.8 Å². The van der Waals surface area contributed by atoms with Crippen LogP contribution in [0.1, 0.15) is 19.3 Å². The van der Waals surface area contributed by atoms with Crippen LogP contribution in [0.15, 0.2) is 12.4 Å². The molecular weight excluding hydrogens is 220 g/mol. The molecule has 1 atom stereocenters. The maximum absolute atomic E-state index is 11.8. The smallest absolute Gasteiger partial charge is 0.224 e. The first-order valence-electron chi connectivity index (χ1n) is 5.95. The highest BCUT2D eigenvalue weighted by atomic mass is 16.5. The van der Waals surface area contributed by atoms with E-state index >= 15 is 0 Å². The number of likely N-dealkylation sites (N-methyl/N-ethyl adjacent to an activating group) is 1. The normalized spacial score (nSPS) is 19.5. The molecule has 1 aromatic heterocycles. The zero-order valence-electron chi connectivity index (χ0n) is 10.1. The summed E-state index contributed by atoms with van der Waals surface area (Å²) in [5.74, 6) is 0.121. The lowest BCUT2D eigenvalue weighted by atomic mass is 10.2. The highest BCUT2D eigenvalue weighted by Gasteiger charge is 2.19. The van der Waals surface area contributed by atoms with E-state index in [-0.39, 0.29) is 12.0 Å². The second kappa shape index (κ2) is 5.77. The minimum Gasteiger partial charge on any atom is -0.376 e. The minimum atomic E-state index is 0.121. The molecule has 1 aliphatic heterocycles. The van der Waals surface area contributed by atoms with Crippen LogP contribution in [0, 0.1) is 0 Å². The van der Waals surface area contributed by atoms with Crippen LogP contribution in [0.4, 0.5) is 0 Å². The van der Waals surface area contributed by atoms with Crippen LogP contribution in [0.3, 0.4) is 0 Å². The van der Waals surface area contributed by atoms with E-state index in [0.717, 1.165) is 19.4 Å². The van der Waals surface area contributed by atoms with Crippen molar-refractivity contribution in [2.75, 3.05) is 20.2 Å². The Morgan fingerprint density at radius 2 is 2.53 bits per heavy atom. The van der Waals surface area contributed by atoms with Gasteiger partial charge in [0.25, 0.3) is 0 Å². The summed E-state index contributed by atoms with van der Waals surface area (Å²) in [4.78, 5) is 13.6. The molecule has 94 valence electrons. The molecule has 1 saturated heterocycles. The number of nitrogens with zero attached hydrogens (tertiary/aromatic N) is 4. The number of amides is 1. The van der Waals surface area contributed by atoms with Crippen molar-refractivity contribution in [1.29, 1.82) is 0 Å². The number of rotatable bonds is 5. The first-order valence-corrected chi connectivity index (χ1v) is 5.95. The highest BCUT2D eigenvalue weighted by molar-refractivity contribution is 5.75. The number of ether oxygens (including phenoxy) is 1. The Morgan fingerprint density at radius 3 is 3.18 bits per heavy atom. The van der Waals surface area contributed by atoms with Crippen LogP contribution in [-0.2, 0) is 16.1 Å². The molecule has 0 unspecified atom stereocenters. The van der Waals surface area contributed by atoms with E-state index in [2.05, 4.69) is 10.3 Å². The third kappa shape index (κ3) is 3.52. The first kappa shape index (κ1) is 12.0. The minimum absolute atomic E-state index is 0.121.